The second-order valence-corrected chi connectivity index (χ2v) is 6.26. The van der Waals surface area contributed by atoms with E-state index in [-0.39, 0.29) is 6.04 Å². The molecule has 1 aliphatic rings. The Hall–Kier alpha value is -1.45. The largest absolute Gasteiger partial charge is 0.271 e. The fourth-order valence-electron chi connectivity index (χ4n) is 3.50. The molecule has 1 aromatic carbocycles. The van der Waals surface area contributed by atoms with Crippen molar-refractivity contribution in [3.63, 3.8) is 0 Å². The molecule has 1 aliphatic carbocycles. The SMILES string of the molecule is NNC(CCC1CCCCC1)c1cnc2ccccc2c1. The van der Waals surface area contributed by atoms with Gasteiger partial charge in [0.1, 0.15) is 0 Å². The minimum Gasteiger partial charge on any atom is -0.271 e. The van der Waals surface area contributed by atoms with Crippen molar-refractivity contribution in [2.75, 3.05) is 0 Å². The number of nitrogens with two attached hydrogens (primary N) is 1. The first-order valence-corrected chi connectivity index (χ1v) is 8.17. The number of rotatable bonds is 5. The van der Waals surface area contributed by atoms with Gasteiger partial charge in [-0.15, -0.1) is 0 Å². The highest BCUT2D eigenvalue weighted by atomic mass is 15.2. The van der Waals surface area contributed by atoms with Crippen molar-refractivity contribution in [2.45, 2.75) is 51.0 Å². The highest BCUT2D eigenvalue weighted by Crippen LogP contribution is 2.30. The van der Waals surface area contributed by atoms with Gasteiger partial charge in [-0.3, -0.25) is 16.3 Å². The Kier molecular flexibility index (Phi) is 4.84. The summed E-state index contributed by atoms with van der Waals surface area (Å²) in [6.07, 6.45) is 11.4. The smallest absolute Gasteiger partial charge is 0.0702 e. The van der Waals surface area contributed by atoms with Crippen LogP contribution in [0.5, 0.6) is 0 Å². The number of benzene rings is 1. The molecule has 2 aromatic rings. The highest BCUT2D eigenvalue weighted by Gasteiger charge is 2.17. The third-order valence-corrected chi connectivity index (χ3v) is 4.80. The van der Waals surface area contributed by atoms with Crippen molar-refractivity contribution in [3.8, 4) is 0 Å². The summed E-state index contributed by atoms with van der Waals surface area (Å²) in [5.41, 5.74) is 5.23. The van der Waals surface area contributed by atoms with Crippen molar-refractivity contribution in [2.24, 2.45) is 11.8 Å². The molecule has 1 unspecified atom stereocenters. The molecule has 21 heavy (non-hydrogen) atoms. The van der Waals surface area contributed by atoms with Crippen LogP contribution in [0.25, 0.3) is 10.9 Å². The van der Waals surface area contributed by atoms with E-state index in [9.17, 15) is 0 Å². The molecule has 1 aromatic heterocycles. The van der Waals surface area contributed by atoms with E-state index in [2.05, 4.69) is 28.6 Å². The van der Waals surface area contributed by atoms with E-state index in [1.54, 1.807) is 0 Å². The molecule has 3 nitrogen and oxygen atoms in total. The Labute approximate surface area is 126 Å². The van der Waals surface area contributed by atoms with Crippen molar-refractivity contribution >= 4 is 10.9 Å². The fourth-order valence-corrected chi connectivity index (χ4v) is 3.50. The number of fused-ring (bicyclic) bond motifs is 1. The first-order valence-electron chi connectivity index (χ1n) is 8.17. The molecular formula is C18H25N3. The van der Waals surface area contributed by atoms with Crippen LogP contribution >= 0.6 is 0 Å². The summed E-state index contributed by atoms with van der Waals surface area (Å²) in [5, 5.41) is 1.19. The van der Waals surface area contributed by atoms with Gasteiger partial charge in [-0.05, 0) is 36.5 Å². The van der Waals surface area contributed by atoms with Gasteiger partial charge >= 0.3 is 0 Å². The zero-order chi connectivity index (χ0) is 14.5. The molecule has 0 saturated heterocycles. The summed E-state index contributed by atoms with van der Waals surface area (Å²) in [4.78, 5) is 4.55. The van der Waals surface area contributed by atoms with Crippen LogP contribution in [0.3, 0.4) is 0 Å². The monoisotopic (exact) mass is 283 g/mol. The summed E-state index contributed by atoms with van der Waals surface area (Å²) < 4.78 is 0. The van der Waals surface area contributed by atoms with E-state index in [1.807, 2.05) is 18.3 Å². The van der Waals surface area contributed by atoms with Gasteiger partial charge in [-0.25, -0.2) is 0 Å². The summed E-state index contributed by atoms with van der Waals surface area (Å²) in [6, 6.07) is 10.7. The highest BCUT2D eigenvalue weighted by molar-refractivity contribution is 5.78. The van der Waals surface area contributed by atoms with Crippen LogP contribution < -0.4 is 11.3 Å². The first-order chi connectivity index (χ1) is 10.4. The number of hydrazine groups is 1. The number of para-hydroxylation sites is 1. The van der Waals surface area contributed by atoms with Crippen LogP contribution in [-0.4, -0.2) is 4.98 Å². The van der Waals surface area contributed by atoms with Gasteiger partial charge in [0.2, 0.25) is 0 Å². The molecule has 3 N–H and O–H groups in total. The third-order valence-electron chi connectivity index (χ3n) is 4.80. The van der Waals surface area contributed by atoms with E-state index in [0.29, 0.717) is 0 Å². The Balaban J connectivity index is 1.68. The predicted molar refractivity (Wildman–Crippen MR) is 87.6 cm³/mol. The number of nitrogens with one attached hydrogen (secondary N) is 1. The Bertz CT molecular complexity index is 575. The Morgan fingerprint density at radius 3 is 2.81 bits per heavy atom. The lowest BCUT2D eigenvalue weighted by Gasteiger charge is -2.24. The zero-order valence-corrected chi connectivity index (χ0v) is 12.6. The number of aromatic nitrogens is 1. The molecule has 112 valence electrons. The van der Waals surface area contributed by atoms with Gasteiger partial charge in [0.05, 0.1) is 5.52 Å². The van der Waals surface area contributed by atoms with Gasteiger partial charge in [0, 0.05) is 17.6 Å². The average Bonchev–Trinajstić information content (AvgIpc) is 2.56. The maximum absolute atomic E-state index is 5.79. The van der Waals surface area contributed by atoms with Gasteiger partial charge in [0.25, 0.3) is 0 Å². The molecule has 1 atom stereocenters. The molecule has 0 amide bonds. The molecular weight excluding hydrogens is 258 g/mol. The van der Waals surface area contributed by atoms with Crippen molar-refractivity contribution in [1.82, 2.24) is 10.4 Å². The second kappa shape index (κ2) is 7.01. The number of pyridine rings is 1. The standard InChI is InChI=1S/C18H25N3/c19-21-18(11-10-14-6-2-1-3-7-14)16-12-15-8-4-5-9-17(15)20-13-16/h4-5,8-9,12-14,18,21H,1-3,6-7,10-11,19H2. The Morgan fingerprint density at radius 1 is 1.19 bits per heavy atom. The van der Waals surface area contributed by atoms with Gasteiger partial charge < -0.3 is 0 Å². The van der Waals surface area contributed by atoms with Crippen LogP contribution in [0, 0.1) is 5.92 Å². The van der Waals surface area contributed by atoms with Crippen LogP contribution in [0.4, 0.5) is 0 Å². The van der Waals surface area contributed by atoms with Gasteiger partial charge in [-0.2, -0.15) is 0 Å². The van der Waals surface area contributed by atoms with Crippen molar-refractivity contribution in [3.05, 3.63) is 42.1 Å². The summed E-state index contributed by atoms with van der Waals surface area (Å²) in [5.74, 6) is 6.68. The van der Waals surface area contributed by atoms with Crippen molar-refractivity contribution in [1.29, 1.82) is 0 Å². The van der Waals surface area contributed by atoms with E-state index < -0.39 is 0 Å². The Morgan fingerprint density at radius 2 is 2.00 bits per heavy atom. The molecule has 1 heterocycles. The van der Waals surface area contributed by atoms with Crippen LogP contribution in [0.1, 0.15) is 56.6 Å². The zero-order valence-electron chi connectivity index (χ0n) is 12.6. The molecule has 0 bridgehead atoms. The van der Waals surface area contributed by atoms with Crippen molar-refractivity contribution < 1.29 is 0 Å². The molecule has 0 radical (unpaired) electrons. The minimum absolute atomic E-state index is 0.212. The van der Waals surface area contributed by atoms with E-state index >= 15 is 0 Å². The molecule has 3 rings (SSSR count). The second-order valence-electron chi connectivity index (χ2n) is 6.26. The minimum atomic E-state index is 0.212. The maximum Gasteiger partial charge on any atom is 0.0702 e. The molecule has 0 aliphatic heterocycles. The third kappa shape index (κ3) is 3.60. The molecule has 0 spiro atoms. The maximum atomic E-state index is 5.79. The molecule has 1 saturated carbocycles. The number of nitrogens with zero attached hydrogens (tertiary/aromatic N) is 1. The first kappa shape index (κ1) is 14.5. The van der Waals surface area contributed by atoms with E-state index in [1.165, 1.54) is 49.5 Å². The summed E-state index contributed by atoms with van der Waals surface area (Å²) >= 11 is 0. The predicted octanol–water partition coefficient (Wildman–Crippen LogP) is 4.10. The topological polar surface area (TPSA) is 50.9 Å². The summed E-state index contributed by atoms with van der Waals surface area (Å²) in [6.45, 7) is 0. The van der Waals surface area contributed by atoms with Gasteiger partial charge in [0.15, 0.2) is 0 Å². The van der Waals surface area contributed by atoms with Gasteiger partial charge in [-0.1, -0.05) is 50.3 Å². The average molecular weight is 283 g/mol. The van der Waals surface area contributed by atoms with E-state index in [4.69, 9.17) is 5.84 Å². The van der Waals surface area contributed by atoms with Crippen LogP contribution in [-0.2, 0) is 0 Å². The lowest BCUT2D eigenvalue weighted by Crippen LogP contribution is -2.28. The number of hydrogen-bond donors (Lipinski definition) is 2. The summed E-state index contributed by atoms with van der Waals surface area (Å²) in [7, 11) is 0. The normalized spacial score (nSPS) is 18.0. The molecule has 1 fully saturated rings. The van der Waals surface area contributed by atoms with Crippen LogP contribution in [0.2, 0.25) is 0 Å². The van der Waals surface area contributed by atoms with E-state index in [0.717, 1.165) is 17.9 Å². The quantitative estimate of drug-likeness (QED) is 0.641. The lowest BCUT2D eigenvalue weighted by molar-refractivity contribution is 0.315. The van der Waals surface area contributed by atoms with Crippen LogP contribution in [0.15, 0.2) is 36.5 Å². The fraction of sp³-hybridized carbons (Fsp3) is 0.500. The molecule has 3 heteroatoms. The number of hydrogen-bond acceptors (Lipinski definition) is 3. The lowest BCUT2D eigenvalue weighted by atomic mass is 9.84.